The molecule has 0 heterocycles. The Morgan fingerprint density at radius 1 is 1.04 bits per heavy atom. The van der Waals surface area contributed by atoms with Crippen LogP contribution in [0.2, 0.25) is 0 Å². The fourth-order valence-electron chi connectivity index (χ4n) is 2.11. The molecule has 0 radical (unpaired) electrons. The number of hydrogen-bond acceptors (Lipinski definition) is 3. The van der Waals surface area contributed by atoms with Crippen molar-refractivity contribution in [2.75, 3.05) is 31.6 Å². The van der Waals surface area contributed by atoms with Crippen LogP contribution in [-0.2, 0) is 6.54 Å². The summed E-state index contributed by atoms with van der Waals surface area (Å²) in [6, 6.07) is 7.60. The van der Waals surface area contributed by atoms with Gasteiger partial charge in [0.05, 0.1) is 6.54 Å². The third-order valence-electron chi connectivity index (χ3n) is 3.39. The van der Waals surface area contributed by atoms with Gasteiger partial charge in [0.25, 0.3) is 5.91 Å². The smallest absolute Gasteiger partial charge is 0.251 e. The van der Waals surface area contributed by atoms with Gasteiger partial charge in [-0.2, -0.15) is 11.8 Å². The van der Waals surface area contributed by atoms with E-state index in [9.17, 15) is 4.79 Å². The highest BCUT2D eigenvalue weighted by Crippen LogP contribution is 2.06. The molecule has 0 aliphatic heterocycles. The molecule has 0 aromatic heterocycles. The van der Waals surface area contributed by atoms with Crippen molar-refractivity contribution in [3.05, 3.63) is 35.4 Å². The van der Waals surface area contributed by atoms with Gasteiger partial charge in [0, 0.05) is 25.2 Å². The number of benzene rings is 1. The maximum absolute atomic E-state index is 11.7. The molecule has 7 heteroatoms. The molecule has 0 aliphatic carbocycles. The van der Waals surface area contributed by atoms with E-state index in [4.69, 9.17) is 0 Å². The third kappa shape index (κ3) is 10.6. The molecule has 0 saturated carbocycles. The van der Waals surface area contributed by atoms with E-state index in [1.165, 1.54) is 12.2 Å². The van der Waals surface area contributed by atoms with Crippen LogP contribution in [0, 0.1) is 0 Å². The van der Waals surface area contributed by atoms with Crippen LogP contribution in [0.1, 0.15) is 42.6 Å². The Hall–Kier alpha value is -0.960. The number of guanidine groups is 1. The lowest BCUT2D eigenvalue weighted by Gasteiger charge is -2.11. The van der Waals surface area contributed by atoms with Crippen LogP contribution >= 0.6 is 35.7 Å². The summed E-state index contributed by atoms with van der Waals surface area (Å²) in [6.45, 7) is 6.98. The lowest BCUT2D eigenvalue weighted by molar-refractivity contribution is 0.0956. The van der Waals surface area contributed by atoms with Crippen molar-refractivity contribution in [3.8, 4) is 0 Å². The minimum absolute atomic E-state index is 0. The summed E-state index contributed by atoms with van der Waals surface area (Å²) in [5.74, 6) is 2.01. The first-order chi connectivity index (χ1) is 11.7. The second kappa shape index (κ2) is 15.3. The van der Waals surface area contributed by atoms with Gasteiger partial charge in [-0.25, -0.2) is 4.99 Å². The van der Waals surface area contributed by atoms with Gasteiger partial charge in [0.2, 0.25) is 0 Å². The summed E-state index contributed by atoms with van der Waals surface area (Å²) >= 11 is 1.88. The van der Waals surface area contributed by atoms with Crippen molar-refractivity contribution in [1.29, 1.82) is 0 Å². The summed E-state index contributed by atoms with van der Waals surface area (Å²) in [5.41, 5.74) is 1.77. The SMILES string of the molecule is CCNC(=O)c1ccc(CN=C(NCC)NCCCCSC)cc1.I. The Bertz CT molecular complexity index is 508. The number of carbonyl (C=O) groups is 1. The molecule has 1 aromatic carbocycles. The van der Waals surface area contributed by atoms with Gasteiger partial charge in [-0.1, -0.05) is 12.1 Å². The van der Waals surface area contributed by atoms with Crippen LogP contribution in [0.5, 0.6) is 0 Å². The van der Waals surface area contributed by atoms with Crippen LogP contribution in [-0.4, -0.2) is 43.5 Å². The molecule has 25 heavy (non-hydrogen) atoms. The van der Waals surface area contributed by atoms with E-state index in [-0.39, 0.29) is 29.9 Å². The van der Waals surface area contributed by atoms with Crippen molar-refractivity contribution in [1.82, 2.24) is 16.0 Å². The van der Waals surface area contributed by atoms with Crippen molar-refractivity contribution in [2.45, 2.75) is 33.2 Å². The number of hydrogen-bond donors (Lipinski definition) is 3. The summed E-state index contributed by atoms with van der Waals surface area (Å²) in [7, 11) is 0. The van der Waals surface area contributed by atoms with Gasteiger partial charge >= 0.3 is 0 Å². The molecule has 142 valence electrons. The predicted octanol–water partition coefficient (Wildman–Crippen LogP) is 3.25. The molecule has 1 rings (SSSR count). The van der Waals surface area contributed by atoms with Crippen LogP contribution in [0.15, 0.2) is 29.3 Å². The van der Waals surface area contributed by atoms with Gasteiger partial charge in [-0.15, -0.1) is 24.0 Å². The van der Waals surface area contributed by atoms with Crippen molar-refractivity contribution in [3.63, 3.8) is 0 Å². The topological polar surface area (TPSA) is 65.5 Å². The Kier molecular flexibility index (Phi) is 14.7. The first kappa shape index (κ1) is 24.0. The number of rotatable bonds is 10. The van der Waals surface area contributed by atoms with Crippen LogP contribution < -0.4 is 16.0 Å². The van der Waals surface area contributed by atoms with E-state index >= 15 is 0 Å². The van der Waals surface area contributed by atoms with E-state index in [2.05, 4.69) is 34.1 Å². The average Bonchev–Trinajstić information content (AvgIpc) is 2.60. The number of amides is 1. The number of thioether (sulfide) groups is 1. The number of carbonyl (C=O) groups excluding carboxylic acids is 1. The Balaban J connectivity index is 0.00000576. The average molecular weight is 478 g/mol. The zero-order chi connectivity index (χ0) is 17.6. The monoisotopic (exact) mass is 478 g/mol. The molecule has 1 aromatic rings. The maximum Gasteiger partial charge on any atom is 0.251 e. The fourth-order valence-corrected chi connectivity index (χ4v) is 2.61. The van der Waals surface area contributed by atoms with E-state index in [0.29, 0.717) is 18.7 Å². The normalized spacial score (nSPS) is 10.8. The second-order valence-corrected chi connectivity index (χ2v) is 6.36. The second-order valence-electron chi connectivity index (χ2n) is 5.38. The van der Waals surface area contributed by atoms with Crippen LogP contribution in [0.3, 0.4) is 0 Å². The number of halogens is 1. The summed E-state index contributed by atoms with van der Waals surface area (Å²) in [4.78, 5) is 16.3. The fraction of sp³-hybridized carbons (Fsp3) is 0.556. The Morgan fingerprint density at radius 3 is 2.32 bits per heavy atom. The number of unbranched alkanes of at least 4 members (excludes halogenated alkanes) is 1. The third-order valence-corrected chi connectivity index (χ3v) is 4.08. The quantitative estimate of drug-likeness (QED) is 0.209. The van der Waals surface area contributed by atoms with Gasteiger partial charge < -0.3 is 16.0 Å². The van der Waals surface area contributed by atoms with E-state index < -0.39 is 0 Å². The number of nitrogens with one attached hydrogen (secondary N) is 3. The van der Waals surface area contributed by atoms with Gasteiger partial charge in [-0.3, -0.25) is 4.79 Å². The number of aliphatic imine (C=N–C) groups is 1. The van der Waals surface area contributed by atoms with E-state index in [1.807, 2.05) is 43.0 Å². The van der Waals surface area contributed by atoms with Crippen molar-refractivity contribution < 1.29 is 4.79 Å². The predicted molar refractivity (Wildman–Crippen MR) is 120 cm³/mol. The summed E-state index contributed by atoms with van der Waals surface area (Å²) in [6.07, 6.45) is 4.50. The van der Waals surface area contributed by atoms with E-state index in [1.54, 1.807) is 0 Å². The maximum atomic E-state index is 11.7. The minimum atomic E-state index is -0.0344. The molecule has 3 N–H and O–H groups in total. The Morgan fingerprint density at radius 2 is 1.72 bits per heavy atom. The molecule has 0 atom stereocenters. The molecule has 0 bridgehead atoms. The molecular weight excluding hydrogens is 447 g/mol. The standard InChI is InChI=1S/C18H30N4OS.HI/c1-4-19-17(23)16-10-8-15(9-11-16)14-22-18(20-5-2)21-12-6-7-13-24-3;/h8-11H,4-7,12-14H2,1-3H3,(H,19,23)(H2,20,21,22);1H. The highest BCUT2D eigenvalue weighted by Gasteiger charge is 2.03. The lowest BCUT2D eigenvalue weighted by atomic mass is 10.1. The molecule has 0 spiro atoms. The zero-order valence-electron chi connectivity index (χ0n) is 15.4. The molecule has 0 aliphatic rings. The zero-order valence-corrected chi connectivity index (χ0v) is 18.6. The highest BCUT2D eigenvalue weighted by molar-refractivity contribution is 14.0. The summed E-state index contributed by atoms with van der Waals surface area (Å²) in [5, 5.41) is 9.42. The van der Waals surface area contributed by atoms with Gasteiger partial charge in [-0.05, 0) is 56.4 Å². The van der Waals surface area contributed by atoms with Gasteiger partial charge in [0.15, 0.2) is 5.96 Å². The van der Waals surface area contributed by atoms with Crippen molar-refractivity contribution in [2.24, 2.45) is 4.99 Å². The number of nitrogens with zero attached hydrogens (tertiary/aromatic N) is 1. The van der Waals surface area contributed by atoms with Gasteiger partial charge in [0.1, 0.15) is 0 Å². The molecule has 0 unspecified atom stereocenters. The summed E-state index contributed by atoms with van der Waals surface area (Å²) < 4.78 is 0. The van der Waals surface area contributed by atoms with Crippen LogP contribution in [0.4, 0.5) is 0 Å². The molecular formula is C18H31IN4OS. The lowest BCUT2D eigenvalue weighted by Crippen LogP contribution is -2.37. The largest absolute Gasteiger partial charge is 0.357 e. The molecule has 1 amide bonds. The minimum Gasteiger partial charge on any atom is -0.357 e. The molecule has 5 nitrogen and oxygen atoms in total. The van der Waals surface area contributed by atoms with E-state index in [0.717, 1.165) is 31.0 Å². The Labute approximate surface area is 173 Å². The first-order valence-corrected chi connectivity index (χ1v) is 9.98. The molecule has 0 saturated heterocycles. The highest BCUT2D eigenvalue weighted by atomic mass is 127. The molecule has 0 fully saturated rings. The van der Waals surface area contributed by atoms with Crippen LogP contribution in [0.25, 0.3) is 0 Å². The van der Waals surface area contributed by atoms with Crippen molar-refractivity contribution >= 4 is 47.6 Å². The first-order valence-electron chi connectivity index (χ1n) is 8.59.